The third-order valence-electron chi connectivity index (χ3n) is 8.38. The molecule has 1 saturated heterocycles. The SMILES string of the molecule is CCOC(=O)CC(CC)(CCN1CCC(NC(=O)c2ccccc2-c2ccc(C(F)(F)F)cc2)CC1)c1ccccc1. The van der Waals surface area contributed by atoms with Crippen molar-refractivity contribution in [3.8, 4) is 11.1 Å². The first-order chi connectivity index (χ1) is 20.1. The molecule has 1 heterocycles. The Hall–Kier alpha value is -3.65. The molecule has 5 nitrogen and oxygen atoms in total. The number of rotatable bonds is 11. The number of alkyl halides is 3. The number of nitrogens with zero attached hydrogens (tertiary/aromatic N) is 1. The number of amides is 1. The molecule has 224 valence electrons. The topological polar surface area (TPSA) is 58.6 Å². The van der Waals surface area contributed by atoms with Crippen molar-refractivity contribution in [2.45, 2.75) is 63.6 Å². The lowest BCUT2D eigenvalue weighted by atomic mass is 9.72. The zero-order chi connectivity index (χ0) is 30.2. The van der Waals surface area contributed by atoms with Gasteiger partial charge in [0.1, 0.15) is 0 Å². The molecule has 1 aliphatic rings. The van der Waals surface area contributed by atoms with Crippen LogP contribution in [0.1, 0.15) is 67.4 Å². The Morgan fingerprint density at radius 1 is 0.881 bits per heavy atom. The number of halogens is 3. The van der Waals surface area contributed by atoms with Crippen LogP contribution < -0.4 is 5.32 Å². The zero-order valence-electron chi connectivity index (χ0n) is 24.3. The van der Waals surface area contributed by atoms with Crippen LogP contribution in [0.25, 0.3) is 11.1 Å². The Bertz CT molecular complexity index is 1320. The fourth-order valence-electron chi connectivity index (χ4n) is 5.83. The van der Waals surface area contributed by atoms with Gasteiger partial charge in [0.15, 0.2) is 0 Å². The fraction of sp³-hybridized carbons (Fsp3) is 0.412. The number of hydrogen-bond acceptors (Lipinski definition) is 4. The van der Waals surface area contributed by atoms with Gasteiger partial charge in [0, 0.05) is 30.1 Å². The van der Waals surface area contributed by atoms with Crippen molar-refractivity contribution >= 4 is 11.9 Å². The summed E-state index contributed by atoms with van der Waals surface area (Å²) < 4.78 is 44.4. The summed E-state index contributed by atoms with van der Waals surface area (Å²) in [5.41, 5.74) is 1.72. The Kier molecular flexibility index (Phi) is 10.4. The van der Waals surface area contributed by atoms with Crippen molar-refractivity contribution in [3.05, 3.63) is 95.6 Å². The second kappa shape index (κ2) is 14.0. The van der Waals surface area contributed by atoms with Crippen LogP contribution in [0.3, 0.4) is 0 Å². The van der Waals surface area contributed by atoms with E-state index in [9.17, 15) is 22.8 Å². The van der Waals surface area contributed by atoms with Gasteiger partial charge >= 0.3 is 12.1 Å². The number of ether oxygens (including phenoxy) is 1. The highest BCUT2D eigenvalue weighted by Gasteiger charge is 2.35. The van der Waals surface area contributed by atoms with Gasteiger partial charge < -0.3 is 15.0 Å². The quantitative estimate of drug-likeness (QED) is 0.243. The molecule has 1 unspecified atom stereocenters. The van der Waals surface area contributed by atoms with E-state index in [1.807, 2.05) is 25.1 Å². The van der Waals surface area contributed by atoms with E-state index in [1.54, 1.807) is 24.3 Å². The minimum Gasteiger partial charge on any atom is -0.466 e. The molecule has 0 saturated carbocycles. The second-order valence-corrected chi connectivity index (χ2v) is 10.9. The molecule has 1 aliphatic heterocycles. The summed E-state index contributed by atoms with van der Waals surface area (Å²) in [5, 5.41) is 3.14. The molecule has 42 heavy (non-hydrogen) atoms. The number of hydrogen-bond donors (Lipinski definition) is 1. The average Bonchev–Trinajstić information content (AvgIpc) is 3.00. The molecule has 0 aromatic heterocycles. The summed E-state index contributed by atoms with van der Waals surface area (Å²) >= 11 is 0. The van der Waals surface area contributed by atoms with Gasteiger partial charge in [0.05, 0.1) is 18.6 Å². The Balaban J connectivity index is 1.36. The van der Waals surface area contributed by atoms with E-state index >= 15 is 0 Å². The minimum absolute atomic E-state index is 0.000927. The molecule has 1 N–H and O–H groups in total. The zero-order valence-corrected chi connectivity index (χ0v) is 24.3. The molecule has 1 atom stereocenters. The fourth-order valence-corrected chi connectivity index (χ4v) is 5.83. The summed E-state index contributed by atoms with van der Waals surface area (Å²) in [5.74, 6) is -0.409. The van der Waals surface area contributed by atoms with E-state index in [0.29, 0.717) is 29.7 Å². The Morgan fingerprint density at radius 2 is 1.52 bits per heavy atom. The summed E-state index contributed by atoms with van der Waals surface area (Å²) in [7, 11) is 0. The first-order valence-corrected chi connectivity index (χ1v) is 14.7. The number of carbonyl (C=O) groups excluding carboxylic acids is 2. The number of benzene rings is 3. The molecule has 3 aromatic rings. The number of piperidine rings is 1. The smallest absolute Gasteiger partial charge is 0.416 e. The number of likely N-dealkylation sites (tertiary alicyclic amines) is 1. The first kappa shape index (κ1) is 31.3. The van der Waals surface area contributed by atoms with Crippen LogP contribution in [0.5, 0.6) is 0 Å². The molecule has 4 rings (SSSR count). The van der Waals surface area contributed by atoms with E-state index in [1.165, 1.54) is 12.1 Å². The van der Waals surface area contributed by atoms with Gasteiger partial charge in [-0.3, -0.25) is 9.59 Å². The van der Waals surface area contributed by atoms with Crippen molar-refractivity contribution in [1.82, 2.24) is 10.2 Å². The minimum atomic E-state index is -4.41. The van der Waals surface area contributed by atoms with E-state index in [4.69, 9.17) is 4.74 Å². The molecular formula is C34H39F3N2O3. The monoisotopic (exact) mass is 580 g/mol. The number of carbonyl (C=O) groups is 2. The van der Waals surface area contributed by atoms with Crippen molar-refractivity contribution < 1.29 is 27.5 Å². The van der Waals surface area contributed by atoms with Crippen LogP contribution in [0.15, 0.2) is 78.9 Å². The normalized spacial score (nSPS) is 16.0. The first-order valence-electron chi connectivity index (χ1n) is 14.7. The summed E-state index contributed by atoms with van der Waals surface area (Å²) in [6, 6.07) is 22.1. The van der Waals surface area contributed by atoms with E-state index in [0.717, 1.165) is 63.0 Å². The maximum absolute atomic E-state index is 13.3. The maximum Gasteiger partial charge on any atom is 0.416 e. The molecule has 1 fully saturated rings. The highest BCUT2D eigenvalue weighted by molar-refractivity contribution is 6.01. The van der Waals surface area contributed by atoms with Crippen LogP contribution in [0, 0.1) is 0 Å². The van der Waals surface area contributed by atoms with Crippen molar-refractivity contribution in [2.24, 2.45) is 0 Å². The highest BCUT2D eigenvalue weighted by Crippen LogP contribution is 2.36. The molecule has 0 bridgehead atoms. The van der Waals surface area contributed by atoms with Gasteiger partial charge in [-0.25, -0.2) is 0 Å². The molecular weight excluding hydrogens is 541 g/mol. The van der Waals surface area contributed by atoms with Gasteiger partial charge in [0.25, 0.3) is 5.91 Å². The molecule has 0 radical (unpaired) electrons. The molecule has 3 aromatic carbocycles. The summed E-state index contributed by atoms with van der Waals surface area (Å²) in [6.45, 7) is 6.78. The Morgan fingerprint density at radius 3 is 2.14 bits per heavy atom. The lowest BCUT2D eigenvalue weighted by molar-refractivity contribution is -0.145. The van der Waals surface area contributed by atoms with Gasteiger partial charge in [-0.15, -0.1) is 0 Å². The van der Waals surface area contributed by atoms with Crippen LogP contribution in [0.2, 0.25) is 0 Å². The van der Waals surface area contributed by atoms with Crippen molar-refractivity contribution in [3.63, 3.8) is 0 Å². The molecule has 0 spiro atoms. The standard InChI is InChI=1S/C34H39F3N2O3/c1-3-33(24-31(40)42-4-2,26-10-6-5-7-11-26)20-23-39-21-18-28(19-22-39)38-32(41)30-13-9-8-12-29(30)25-14-16-27(17-15-25)34(35,36)37/h5-17,28H,3-4,18-24H2,1-2H3,(H,38,41). The van der Waals surface area contributed by atoms with Crippen LogP contribution in [-0.4, -0.2) is 49.1 Å². The van der Waals surface area contributed by atoms with Gasteiger partial charge in [0.2, 0.25) is 0 Å². The highest BCUT2D eigenvalue weighted by atomic mass is 19.4. The maximum atomic E-state index is 13.3. The second-order valence-electron chi connectivity index (χ2n) is 10.9. The van der Waals surface area contributed by atoms with Gasteiger partial charge in [-0.1, -0.05) is 67.6 Å². The van der Waals surface area contributed by atoms with E-state index in [2.05, 4.69) is 29.3 Å². The lowest BCUT2D eigenvalue weighted by Crippen LogP contribution is -2.46. The van der Waals surface area contributed by atoms with Gasteiger partial charge in [-0.05, 0) is 74.0 Å². The van der Waals surface area contributed by atoms with Crippen molar-refractivity contribution in [2.75, 3.05) is 26.2 Å². The van der Waals surface area contributed by atoms with Crippen LogP contribution >= 0.6 is 0 Å². The molecule has 8 heteroatoms. The lowest BCUT2D eigenvalue weighted by Gasteiger charge is -2.37. The third-order valence-corrected chi connectivity index (χ3v) is 8.38. The number of nitrogens with one attached hydrogen (secondary N) is 1. The predicted octanol–water partition coefficient (Wildman–Crippen LogP) is 7.26. The number of esters is 1. The third kappa shape index (κ3) is 7.79. The van der Waals surface area contributed by atoms with Crippen LogP contribution in [-0.2, 0) is 21.1 Å². The van der Waals surface area contributed by atoms with Crippen LogP contribution in [0.4, 0.5) is 13.2 Å². The summed E-state index contributed by atoms with van der Waals surface area (Å²) in [6.07, 6.45) is -0.853. The summed E-state index contributed by atoms with van der Waals surface area (Å²) in [4.78, 5) is 28.2. The molecule has 1 amide bonds. The molecule has 0 aliphatic carbocycles. The average molecular weight is 581 g/mol. The van der Waals surface area contributed by atoms with Crippen molar-refractivity contribution in [1.29, 1.82) is 0 Å². The van der Waals surface area contributed by atoms with E-state index in [-0.39, 0.29) is 23.3 Å². The van der Waals surface area contributed by atoms with E-state index < -0.39 is 11.7 Å². The van der Waals surface area contributed by atoms with Gasteiger partial charge in [-0.2, -0.15) is 13.2 Å². The Labute approximate surface area is 246 Å². The largest absolute Gasteiger partial charge is 0.466 e. The predicted molar refractivity (Wildman–Crippen MR) is 158 cm³/mol.